The lowest BCUT2D eigenvalue weighted by Crippen LogP contribution is -2.52. The van der Waals surface area contributed by atoms with E-state index in [2.05, 4.69) is 11.8 Å². The Bertz CT molecular complexity index is 370. The number of carbonyl (C=O) groups excluding carboxylic acids is 2. The number of rotatable bonds is 2. The first-order valence-corrected chi connectivity index (χ1v) is 8.00. The van der Waals surface area contributed by atoms with Crippen molar-refractivity contribution in [3.05, 3.63) is 0 Å². The lowest BCUT2D eigenvalue weighted by Gasteiger charge is -2.38. The van der Waals surface area contributed by atoms with Gasteiger partial charge in [-0.3, -0.25) is 4.79 Å². The van der Waals surface area contributed by atoms with Crippen LogP contribution in [0.25, 0.3) is 0 Å². The first-order chi connectivity index (χ1) is 10.0. The summed E-state index contributed by atoms with van der Waals surface area (Å²) in [6.07, 6.45) is 1.60. The van der Waals surface area contributed by atoms with Crippen LogP contribution in [0.2, 0.25) is 0 Å². The molecule has 0 aromatic heterocycles. The highest BCUT2D eigenvalue weighted by molar-refractivity contribution is 5.80. The van der Waals surface area contributed by atoms with Gasteiger partial charge < -0.3 is 19.6 Å². The smallest absolute Gasteiger partial charge is 0.319 e. The molecule has 0 atom stereocenters. The zero-order valence-corrected chi connectivity index (χ0v) is 13.5. The molecule has 2 saturated heterocycles. The van der Waals surface area contributed by atoms with E-state index >= 15 is 0 Å². The van der Waals surface area contributed by atoms with E-state index in [-0.39, 0.29) is 11.9 Å². The molecule has 3 amide bonds. The average Bonchev–Trinajstić information content (AvgIpc) is 2.53. The number of carbonyl (C=O) groups is 2. The van der Waals surface area contributed by atoms with Gasteiger partial charge in [0.2, 0.25) is 5.91 Å². The SMILES string of the molecule is CCN1CCN(C(=O)C2CCN(C(=O)N(C)C)CC2)CC1. The number of piperazine rings is 1. The van der Waals surface area contributed by atoms with Gasteiger partial charge in [-0.25, -0.2) is 4.79 Å². The molecule has 0 aliphatic carbocycles. The van der Waals surface area contributed by atoms with Crippen LogP contribution < -0.4 is 0 Å². The monoisotopic (exact) mass is 296 g/mol. The van der Waals surface area contributed by atoms with Crippen LogP contribution in [0, 0.1) is 5.92 Å². The summed E-state index contributed by atoms with van der Waals surface area (Å²) in [5, 5.41) is 0. The van der Waals surface area contributed by atoms with Gasteiger partial charge in [0.25, 0.3) is 0 Å². The Morgan fingerprint density at radius 2 is 1.52 bits per heavy atom. The topological polar surface area (TPSA) is 47.1 Å². The summed E-state index contributed by atoms with van der Waals surface area (Å²) in [6.45, 7) is 8.29. The fourth-order valence-electron chi connectivity index (χ4n) is 3.14. The maximum atomic E-state index is 12.6. The first-order valence-electron chi connectivity index (χ1n) is 8.00. The van der Waals surface area contributed by atoms with Crippen LogP contribution in [-0.2, 0) is 4.79 Å². The van der Waals surface area contributed by atoms with Crippen molar-refractivity contribution in [1.29, 1.82) is 0 Å². The Labute approximate surface area is 127 Å². The van der Waals surface area contributed by atoms with Crippen LogP contribution in [0.5, 0.6) is 0 Å². The summed E-state index contributed by atoms with van der Waals surface area (Å²) in [6, 6.07) is 0.0532. The van der Waals surface area contributed by atoms with E-state index in [0.717, 1.165) is 45.6 Å². The number of likely N-dealkylation sites (tertiary alicyclic amines) is 1. The van der Waals surface area contributed by atoms with Gasteiger partial charge in [0.05, 0.1) is 0 Å². The van der Waals surface area contributed by atoms with E-state index in [9.17, 15) is 9.59 Å². The first kappa shape index (κ1) is 16.1. The van der Waals surface area contributed by atoms with E-state index in [0.29, 0.717) is 19.0 Å². The molecule has 2 aliphatic heterocycles. The summed E-state index contributed by atoms with van der Waals surface area (Å²) in [7, 11) is 3.54. The van der Waals surface area contributed by atoms with Crippen LogP contribution in [0.1, 0.15) is 19.8 Å². The third kappa shape index (κ3) is 3.87. The van der Waals surface area contributed by atoms with Crippen molar-refractivity contribution < 1.29 is 9.59 Å². The molecule has 6 nitrogen and oxygen atoms in total. The maximum Gasteiger partial charge on any atom is 0.319 e. The fourth-order valence-corrected chi connectivity index (χ4v) is 3.14. The van der Waals surface area contributed by atoms with Crippen molar-refractivity contribution in [2.24, 2.45) is 5.92 Å². The summed E-state index contributed by atoms with van der Waals surface area (Å²) < 4.78 is 0. The molecule has 2 aliphatic rings. The Morgan fingerprint density at radius 3 is 2.00 bits per heavy atom. The molecule has 0 unspecified atom stereocenters. The second-order valence-electron chi connectivity index (χ2n) is 6.20. The number of hydrogen-bond donors (Lipinski definition) is 0. The van der Waals surface area contributed by atoms with Gasteiger partial charge in [-0.05, 0) is 19.4 Å². The summed E-state index contributed by atoms with van der Waals surface area (Å²) >= 11 is 0. The third-order valence-electron chi connectivity index (χ3n) is 4.63. The molecule has 120 valence electrons. The van der Waals surface area contributed by atoms with E-state index in [1.54, 1.807) is 19.0 Å². The molecular formula is C15H28N4O2. The molecular weight excluding hydrogens is 268 g/mol. The van der Waals surface area contributed by atoms with Crippen molar-refractivity contribution in [2.45, 2.75) is 19.8 Å². The van der Waals surface area contributed by atoms with E-state index in [4.69, 9.17) is 0 Å². The summed E-state index contributed by atoms with van der Waals surface area (Å²) in [5.74, 6) is 0.395. The number of likely N-dealkylation sites (N-methyl/N-ethyl adjacent to an activating group) is 1. The Hall–Kier alpha value is -1.30. The fraction of sp³-hybridized carbons (Fsp3) is 0.867. The standard InChI is InChI=1S/C15H28N4O2/c1-4-17-9-11-18(12-10-17)14(20)13-5-7-19(8-6-13)15(21)16(2)3/h13H,4-12H2,1-3H3. The minimum Gasteiger partial charge on any atom is -0.340 e. The van der Waals surface area contributed by atoms with Crippen molar-refractivity contribution in [3.63, 3.8) is 0 Å². The highest BCUT2D eigenvalue weighted by atomic mass is 16.2. The summed E-state index contributed by atoms with van der Waals surface area (Å²) in [5.41, 5.74) is 0. The molecule has 21 heavy (non-hydrogen) atoms. The zero-order valence-electron chi connectivity index (χ0n) is 13.5. The second-order valence-corrected chi connectivity index (χ2v) is 6.20. The van der Waals surface area contributed by atoms with Gasteiger partial charge >= 0.3 is 6.03 Å². The lowest BCUT2D eigenvalue weighted by atomic mass is 9.95. The van der Waals surface area contributed by atoms with Crippen molar-refractivity contribution >= 4 is 11.9 Å². The molecule has 0 aromatic carbocycles. The van der Waals surface area contributed by atoms with Crippen molar-refractivity contribution in [2.75, 3.05) is 59.9 Å². The Morgan fingerprint density at radius 1 is 0.952 bits per heavy atom. The number of amides is 3. The maximum absolute atomic E-state index is 12.6. The number of urea groups is 1. The molecule has 0 N–H and O–H groups in total. The molecule has 0 bridgehead atoms. The van der Waals surface area contributed by atoms with Crippen LogP contribution in [0.15, 0.2) is 0 Å². The molecule has 0 radical (unpaired) electrons. The third-order valence-corrected chi connectivity index (χ3v) is 4.63. The molecule has 0 spiro atoms. The average molecular weight is 296 g/mol. The lowest BCUT2D eigenvalue weighted by molar-refractivity contribution is -0.138. The predicted molar refractivity (Wildman–Crippen MR) is 82.1 cm³/mol. The van der Waals surface area contributed by atoms with Gasteiger partial charge in [-0.2, -0.15) is 0 Å². The highest BCUT2D eigenvalue weighted by Crippen LogP contribution is 2.21. The van der Waals surface area contributed by atoms with Crippen molar-refractivity contribution in [1.82, 2.24) is 19.6 Å². The van der Waals surface area contributed by atoms with Gasteiger partial charge in [0.15, 0.2) is 0 Å². The van der Waals surface area contributed by atoms with Crippen LogP contribution in [0.3, 0.4) is 0 Å². The van der Waals surface area contributed by atoms with Gasteiger partial charge in [0, 0.05) is 59.3 Å². The summed E-state index contributed by atoms with van der Waals surface area (Å²) in [4.78, 5) is 32.3. The molecule has 2 rings (SSSR count). The Balaban J connectivity index is 1.79. The van der Waals surface area contributed by atoms with Gasteiger partial charge in [-0.15, -0.1) is 0 Å². The molecule has 0 aromatic rings. The number of piperidine rings is 1. The quantitative estimate of drug-likeness (QED) is 0.747. The molecule has 6 heteroatoms. The number of hydrogen-bond acceptors (Lipinski definition) is 3. The van der Waals surface area contributed by atoms with E-state index < -0.39 is 0 Å². The molecule has 2 heterocycles. The normalized spacial score (nSPS) is 21.5. The van der Waals surface area contributed by atoms with E-state index in [1.807, 2.05) is 9.80 Å². The second kappa shape index (κ2) is 7.11. The largest absolute Gasteiger partial charge is 0.340 e. The van der Waals surface area contributed by atoms with Crippen molar-refractivity contribution in [3.8, 4) is 0 Å². The molecule has 0 saturated carbocycles. The molecule has 2 fully saturated rings. The highest BCUT2D eigenvalue weighted by Gasteiger charge is 2.31. The van der Waals surface area contributed by atoms with Gasteiger partial charge in [-0.1, -0.05) is 6.92 Å². The Kier molecular flexibility index (Phi) is 5.45. The van der Waals surface area contributed by atoms with E-state index in [1.165, 1.54) is 0 Å². The number of nitrogens with zero attached hydrogens (tertiary/aromatic N) is 4. The van der Waals surface area contributed by atoms with Crippen LogP contribution >= 0.6 is 0 Å². The minimum absolute atomic E-state index is 0.0532. The van der Waals surface area contributed by atoms with Crippen LogP contribution in [-0.4, -0.2) is 91.4 Å². The van der Waals surface area contributed by atoms with Crippen LogP contribution in [0.4, 0.5) is 4.79 Å². The predicted octanol–water partition coefficient (Wildman–Crippen LogP) is 0.544. The minimum atomic E-state index is 0.0532. The van der Waals surface area contributed by atoms with Gasteiger partial charge in [0.1, 0.15) is 0 Å². The zero-order chi connectivity index (χ0) is 15.4.